The number of fused-ring (bicyclic) bond motifs is 4. The van der Waals surface area contributed by atoms with Gasteiger partial charge in [0, 0.05) is 35.2 Å². The minimum Gasteiger partial charge on any atom is -0.510 e. The molecule has 1 aliphatic heterocycles. The van der Waals surface area contributed by atoms with Crippen LogP contribution in [0.1, 0.15) is 40.4 Å². The third-order valence-electron chi connectivity index (χ3n) is 8.54. The van der Waals surface area contributed by atoms with Crippen LogP contribution < -0.4 is 11.1 Å². The predicted octanol–water partition coefficient (Wildman–Crippen LogP) is 0.678. The fourth-order valence-electron chi connectivity index (χ4n) is 6.85. The largest absolute Gasteiger partial charge is 0.510 e. The lowest BCUT2D eigenvalue weighted by Crippen LogP contribution is -2.63. The molecular formula is C26H31FN4O7. The summed E-state index contributed by atoms with van der Waals surface area (Å²) < 4.78 is 16.1. The summed E-state index contributed by atoms with van der Waals surface area (Å²) in [5.41, 5.74) is 1.41. The number of nitrogens with one attached hydrogen (secondary N) is 1. The fraction of sp³-hybridized carbons (Fsp3) is 0.500. The van der Waals surface area contributed by atoms with E-state index >= 15 is 4.39 Å². The number of amides is 1. The normalized spacial score (nSPS) is 30.6. The molecule has 0 saturated carbocycles. The van der Waals surface area contributed by atoms with Gasteiger partial charge in [-0.3, -0.25) is 19.3 Å². The maximum absolute atomic E-state index is 16.1. The number of likely N-dealkylation sites (N-methyl/N-ethyl adjacent to an activating group) is 1. The Morgan fingerprint density at radius 1 is 1.13 bits per heavy atom. The molecule has 0 fully saturated rings. The molecule has 1 aromatic rings. The van der Waals surface area contributed by atoms with Crippen LogP contribution in [-0.2, 0) is 16.0 Å². The van der Waals surface area contributed by atoms with E-state index in [-0.39, 0.29) is 46.8 Å². The molecule has 12 heteroatoms. The number of hydrogen-bond acceptors (Lipinski definition) is 10. The van der Waals surface area contributed by atoms with E-state index in [1.807, 2.05) is 4.90 Å². The van der Waals surface area contributed by atoms with Crippen molar-refractivity contribution in [1.29, 1.82) is 0 Å². The average Bonchev–Trinajstić information content (AvgIpc) is 2.83. The number of phenolic OH excluding ortho intramolecular Hbond substituents is 1. The predicted molar refractivity (Wildman–Crippen MR) is 133 cm³/mol. The number of allylic oxidation sites excluding steroid dienone is 1. The molecule has 1 amide bonds. The standard InChI is InChI=1S/C26H31FN4O7/c1-30(2)12-5-6-29-18-15(12)17(27)10-7-9-8-11-19(31(3)4)22(34)16(25(28)37)24(36)26(11,38)23(35)13(9)20(32)14(10)21(18)33/h9,11-12,19,29,33-35,38H,5-8H2,1-4H3,(H2,28,37)/t9-,11-,12?,19-,26-/m0/s1. The molecule has 1 aromatic carbocycles. The number of halogens is 1. The zero-order chi connectivity index (χ0) is 28.0. The van der Waals surface area contributed by atoms with Crippen molar-refractivity contribution in [3.05, 3.63) is 45.2 Å². The van der Waals surface area contributed by atoms with Crippen molar-refractivity contribution in [3.63, 3.8) is 0 Å². The monoisotopic (exact) mass is 530 g/mol. The van der Waals surface area contributed by atoms with Gasteiger partial charge in [0.1, 0.15) is 22.9 Å². The van der Waals surface area contributed by atoms with Crippen LogP contribution in [0.15, 0.2) is 22.7 Å². The van der Waals surface area contributed by atoms with Gasteiger partial charge in [-0.1, -0.05) is 0 Å². The van der Waals surface area contributed by atoms with Gasteiger partial charge in [0.25, 0.3) is 5.91 Å². The molecule has 1 heterocycles. The van der Waals surface area contributed by atoms with Crippen molar-refractivity contribution < 1.29 is 39.2 Å². The number of phenols is 1. The number of ketones is 2. The summed E-state index contributed by atoms with van der Waals surface area (Å²) in [6, 6.07) is -1.45. The van der Waals surface area contributed by atoms with Gasteiger partial charge in [0.05, 0.1) is 17.3 Å². The number of rotatable bonds is 3. The van der Waals surface area contributed by atoms with Crippen LogP contribution in [0, 0.1) is 17.7 Å². The summed E-state index contributed by atoms with van der Waals surface area (Å²) >= 11 is 0. The van der Waals surface area contributed by atoms with E-state index in [0.29, 0.717) is 13.0 Å². The minimum atomic E-state index is -2.73. The third kappa shape index (κ3) is 3.20. The van der Waals surface area contributed by atoms with Crippen LogP contribution in [0.5, 0.6) is 5.75 Å². The number of benzene rings is 1. The number of hydrogen-bond donors (Lipinski definition) is 6. The Labute approximate surface area is 218 Å². The lowest BCUT2D eigenvalue weighted by Gasteiger charge is -2.50. The van der Waals surface area contributed by atoms with E-state index in [1.165, 1.54) is 4.90 Å². The first-order valence-electron chi connectivity index (χ1n) is 12.4. The molecule has 5 atom stereocenters. The molecule has 7 N–H and O–H groups in total. The molecule has 0 bridgehead atoms. The third-order valence-corrected chi connectivity index (χ3v) is 8.54. The number of Topliss-reactive ketones (excluding diaryl/α,β-unsaturated/α-hetero) is 2. The lowest BCUT2D eigenvalue weighted by molar-refractivity contribution is -0.148. The fourth-order valence-corrected chi connectivity index (χ4v) is 6.85. The van der Waals surface area contributed by atoms with E-state index < -0.39 is 69.6 Å². The van der Waals surface area contributed by atoms with Crippen molar-refractivity contribution in [3.8, 4) is 5.75 Å². The van der Waals surface area contributed by atoms with Crippen LogP contribution in [-0.4, -0.2) is 94.1 Å². The highest BCUT2D eigenvalue weighted by Crippen LogP contribution is 2.54. The first-order valence-corrected chi connectivity index (χ1v) is 12.4. The SMILES string of the molecule is CN(C)C1CCNc2c(O)c3c(c(F)c21)C[C@H]1C[C@H]2[C@H](N(C)C)C(O)=C(C(N)=O)C(=O)[C@@]2(O)C(O)=C1C3=O. The molecule has 0 spiro atoms. The number of nitrogens with two attached hydrogens (primary N) is 1. The second-order valence-electron chi connectivity index (χ2n) is 11.0. The van der Waals surface area contributed by atoms with E-state index in [2.05, 4.69) is 5.32 Å². The molecule has 0 radical (unpaired) electrons. The molecule has 11 nitrogen and oxygen atoms in total. The Morgan fingerprint density at radius 3 is 2.37 bits per heavy atom. The average molecular weight is 531 g/mol. The smallest absolute Gasteiger partial charge is 0.255 e. The van der Waals surface area contributed by atoms with Gasteiger partial charge in [-0.25, -0.2) is 4.39 Å². The Hall–Kier alpha value is -3.48. The lowest BCUT2D eigenvalue weighted by atomic mass is 9.58. The molecule has 4 aliphatic rings. The molecule has 204 valence electrons. The Kier molecular flexibility index (Phi) is 5.86. The summed E-state index contributed by atoms with van der Waals surface area (Å²) in [6.45, 7) is 0.431. The van der Waals surface area contributed by atoms with Crippen molar-refractivity contribution in [2.45, 2.75) is 36.9 Å². The topological polar surface area (TPSA) is 177 Å². The Morgan fingerprint density at radius 2 is 1.79 bits per heavy atom. The van der Waals surface area contributed by atoms with Gasteiger partial charge >= 0.3 is 0 Å². The van der Waals surface area contributed by atoms with Crippen LogP contribution in [0.3, 0.4) is 0 Å². The van der Waals surface area contributed by atoms with E-state index in [9.17, 15) is 34.8 Å². The van der Waals surface area contributed by atoms with Crippen LogP contribution in [0.25, 0.3) is 0 Å². The number of carbonyl (C=O) groups excluding carboxylic acids is 3. The van der Waals surface area contributed by atoms with Crippen LogP contribution >= 0.6 is 0 Å². The van der Waals surface area contributed by atoms with Gasteiger partial charge in [0.2, 0.25) is 5.78 Å². The first kappa shape index (κ1) is 26.1. The number of aromatic hydroxyl groups is 1. The number of aliphatic hydroxyl groups is 3. The Balaban J connectivity index is 1.74. The zero-order valence-corrected chi connectivity index (χ0v) is 21.5. The van der Waals surface area contributed by atoms with E-state index in [1.54, 1.807) is 28.2 Å². The van der Waals surface area contributed by atoms with Gasteiger partial charge < -0.3 is 36.4 Å². The van der Waals surface area contributed by atoms with Crippen molar-refractivity contribution in [2.24, 2.45) is 17.6 Å². The highest BCUT2D eigenvalue weighted by Gasteiger charge is 2.63. The summed E-state index contributed by atoms with van der Waals surface area (Å²) in [6.07, 6.45) is 0.383. The molecule has 38 heavy (non-hydrogen) atoms. The van der Waals surface area contributed by atoms with Gasteiger partial charge in [0.15, 0.2) is 17.1 Å². The van der Waals surface area contributed by atoms with Crippen molar-refractivity contribution in [1.82, 2.24) is 9.80 Å². The summed E-state index contributed by atoms with van der Waals surface area (Å²) in [7, 11) is 6.68. The number of aliphatic hydroxyl groups excluding tert-OH is 2. The number of anilines is 1. The van der Waals surface area contributed by atoms with Gasteiger partial charge in [-0.05, 0) is 53.4 Å². The second kappa shape index (κ2) is 8.52. The highest BCUT2D eigenvalue weighted by atomic mass is 19.1. The second-order valence-corrected chi connectivity index (χ2v) is 11.0. The summed E-state index contributed by atoms with van der Waals surface area (Å²) in [5, 5.41) is 47.9. The molecule has 0 saturated heterocycles. The Bertz CT molecular complexity index is 1370. The molecule has 0 aromatic heterocycles. The van der Waals surface area contributed by atoms with Crippen molar-refractivity contribution >= 4 is 23.2 Å². The summed E-state index contributed by atoms with van der Waals surface area (Å²) in [4.78, 5) is 42.5. The van der Waals surface area contributed by atoms with Crippen molar-refractivity contribution in [2.75, 3.05) is 40.1 Å². The van der Waals surface area contributed by atoms with E-state index in [4.69, 9.17) is 5.73 Å². The first-order chi connectivity index (χ1) is 17.7. The van der Waals surface area contributed by atoms with Gasteiger partial charge in [-0.2, -0.15) is 0 Å². The minimum absolute atomic E-state index is 0.00471. The molecule has 5 rings (SSSR count). The van der Waals surface area contributed by atoms with Crippen LogP contribution in [0.4, 0.5) is 10.1 Å². The van der Waals surface area contributed by atoms with Crippen LogP contribution in [0.2, 0.25) is 0 Å². The zero-order valence-electron chi connectivity index (χ0n) is 21.5. The number of carbonyl (C=O) groups is 3. The van der Waals surface area contributed by atoms with Gasteiger partial charge in [-0.15, -0.1) is 0 Å². The molecule has 3 aliphatic carbocycles. The molecule has 1 unspecified atom stereocenters. The number of nitrogens with zero attached hydrogens (tertiary/aromatic N) is 2. The quantitative estimate of drug-likeness (QED) is 0.241. The molecular weight excluding hydrogens is 499 g/mol. The van der Waals surface area contributed by atoms with E-state index in [0.717, 1.165) is 0 Å². The highest BCUT2D eigenvalue weighted by molar-refractivity contribution is 6.24. The maximum atomic E-state index is 16.1. The maximum Gasteiger partial charge on any atom is 0.255 e. The summed E-state index contributed by atoms with van der Waals surface area (Å²) in [5.74, 6) is -8.24. The number of primary amides is 1.